The Bertz CT molecular complexity index is 838. The van der Waals surface area contributed by atoms with E-state index in [2.05, 4.69) is 41.5 Å². The van der Waals surface area contributed by atoms with Gasteiger partial charge in [-0.25, -0.2) is 14.7 Å². The van der Waals surface area contributed by atoms with Gasteiger partial charge in [-0.2, -0.15) is 5.10 Å². The van der Waals surface area contributed by atoms with Crippen LogP contribution in [0.1, 0.15) is 61.4 Å². The van der Waals surface area contributed by atoms with Crippen LogP contribution in [0.5, 0.6) is 5.75 Å². The van der Waals surface area contributed by atoms with E-state index < -0.39 is 0 Å². The summed E-state index contributed by atoms with van der Waals surface area (Å²) < 4.78 is 2.03. The lowest BCUT2D eigenvalue weighted by Crippen LogP contribution is -2.47. The van der Waals surface area contributed by atoms with E-state index in [-0.39, 0.29) is 30.0 Å². The summed E-state index contributed by atoms with van der Waals surface area (Å²) in [5.41, 5.74) is 2.86. The van der Waals surface area contributed by atoms with Gasteiger partial charge in [-0.15, -0.1) is 24.0 Å². The summed E-state index contributed by atoms with van der Waals surface area (Å²) >= 11 is 0. The largest absolute Gasteiger partial charge is 0.507 e. The highest BCUT2D eigenvalue weighted by molar-refractivity contribution is 14.0. The van der Waals surface area contributed by atoms with Crippen molar-refractivity contribution in [2.45, 2.75) is 72.5 Å². The van der Waals surface area contributed by atoms with Gasteiger partial charge < -0.3 is 15.7 Å². The fourth-order valence-corrected chi connectivity index (χ4v) is 3.51. The normalized spacial score (nSPS) is 16.3. The number of hydrogen-bond donors (Lipinski definition) is 3. The van der Waals surface area contributed by atoms with Crippen molar-refractivity contribution in [1.82, 2.24) is 25.4 Å². The van der Waals surface area contributed by atoms with E-state index in [0.717, 1.165) is 60.2 Å². The van der Waals surface area contributed by atoms with Crippen LogP contribution in [0, 0.1) is 13.8 Å². The molecule has 0 amide bonds. The van der Waals surface area contributed by atoms with Gasteiger partial charge in [-0.3, -0.25) is 0 Å². The van der Waals surface area contributed by atoms with E-state index in [9.17, 15) is 5.11 Å². The second kappa shape index (κ2) is 10.3. The van der Waals surface area contributed by atoms with E-state index in [0.29, 0.717) is 18.2 Å². The number of phenolic OH excluding ortho intramolecular Hbond substituents is 1. The van der Waals surface area contributed by atoms with E-state index in [1.165, 1.54) is 0 Å². The maximum atomic E-state index is 9.95. The minimum Gasteiger partial charge on any atom is -0.507 e. The summed E-state index contributed by atoms with van der Waals surface area (Å²) in [5, 5.41) is 21.5. The van der Waals surface area contributed by atoms with Crippen LogP contribution in [0.25, 0.3) is 0 Å². The molecular weight excluding hydrogens is 479 g/mol. The van der Waals surface area contributed by atoms with Gasteiger partial charge in [0, 0.05) is 24.9 Å². The molecule has 8 heteroatoms. The number of aryl methyl sites for hydroxylation is 3. The highest BCUT2D eigenvalue weighted by Gasteiger charge is 2.23. The number of halogens is 1. The Labute approximate surface area is 190 Å². The molecule has 2 heterocycles. The Morgan fingerprint density at radius 3 is 2.62 bits per heavy atom. The van der Waals surface area contributed by atoms with Gasteiger partial charge in [0.25, 0.3) is 0 Å². The fraction of sp³-hybridized carbons (Fsp3) is 0.571. The zero-order valence-electron chi connectivity index (χ0n) is 18.0. The predicted octanol–water partition coefficient (Wildman–Crippen LogP) is 3.41. The number of guanidine groups is 1. The lowest BCUT2D eigenvalue weighted by atomic mass is 10.1. The van der Waals surface area contributed by atoms with Crippen LogP contribution in [0.4, 0.5) is 0 Å². The molecule has 0 saturated carbocycles. The molecule has 1 aliphatic rings. The number of aromatic nitrogens is 3. The second-order valence-electron chi connectivity index (χ2n) is 7.88. The molecule has 0 radical (unpaired) electrons. The minimum absolute atomic E-state index is 0. The van der Waals surface area contributed by atoms with Gasteiger partial charge in [-0.1, -0.05) is 26.0 Å². The van der Waals surface area contributed by atoms with E-state index in [1.807, 2.05) is 30.7 Å². The van der Waals surface area contributed by atoms with Gasteiger partial charge in [0.15, 0.2) is 11.8 Å². The summed E-state index contributed by atoms with van der Waals surface area (Å²) in [4.78, 5) is 9.40. The zero-order valence-corrected chi connectivity index (χ0v) is 20.3. The highest BCUT2D eigenvalue weighted by Crippen LogP contribution is 2.23. The van der Waals surface area contributed by atoms with Crippen molar-refractivity contribution in [2.24, 2.45) is 4.99 Å². The Kier molecular flexibility index (Phi) is 8.30. The Hall–Kier alpha value is -1.84. The first-order valence-corrected chi connectivity index (χ1v) is 10.1. The fourth-order valence-electron chi connectivity index (χ4n) is 3.51. The van der Waals surface area contributed by atoms with Crippen molar-refractivity contribution in [2.75, 3.05) is 6.54 Å². The van der Waals surface area contributed by atoms with E-state index >= 15 is 0 Å². The van der Waals surface area contributed by atoms with Crippen molar-refractivity contribution in [3.63, 3.8) is 0 Å². The third-order valence-electron chi connectivity index (χ3n) is 5.05. The maximum absolute atomic E-state index is 9.95. The number of aromatic hydroxyl groups is 1. The van der Waals surface area contributed by atoms with Gasteiger partial charge in [0.2, 0.25) is 0 Å². The molecule has 0 aliphatic carbocycles. The molecule has 0 saturated heterocycles. The third kappa shape index (κ3) is 5.83. The van der Waals surface area contributed by atoms with Crippen molar-refractivity contribution in [1.29, 1.82) is 0 Å². The number of rotatable bonds is 5. The number of benzene rings is 1. The Balaban J connectivity index is 0.00000300. The number of fused-ring (bicyclic) bond motifs is 1. The quantitative estimate of drug-likeness (QED) is 0.325. The molecule has 2 aromatic rings. The maximum Gasteiger partial charge on any atom is 0.191 e. The van der Waals surface area contributed by atoms with Crippen molar-refractivity contribution in [3.05, 3.63) is 40.5 Å². The zero-order chi connectivity index (χ0) is 20.3. The van der Waals surface area contributed by atoms with Gasteiger partial charge >= 0.3 is 0 Å². The van der Waals surface area contributed by atoms with Crippen LogP contribution in [0.2, 0.25) is 0 Å². The number of aliphatic imine (C=N–C) groups is 1. The van der Waals surface area contributed by atoms with Crippen LogP contribution in [0.15, 0.2) is 17.1 Å². The topological polar surface area (TPSA) is 87.4 Å². The van der Waals surface area contributed by atoms with Gasteiger partial charge in [-0.05, 0) is 43.9 Å². The SMILES string of the molecule is CCNC(=NCc1cc(C)c(O)c(C)c1)NC1CCc2nc(C(C)C)nn2C1.I. The monoisotopic (exact) mass is 512 g/mol. The van der Waals surface area contributed by atoms with Crippen molar-refractivity contribution in [3.8, 4) is 5.75 Å². The van der Waals surface area contributed by atoms with E-state index in [1.54, 1.807) is 0 Å². The summed E-state index contributed by atoms with van der Waals surface area (Å²) in [7, 11) is 0. The molecule has 0 bridgehead atoms. The average Bonchev–Trinajstić information content (AvgIpc) is 3.08. The second-order valence-corrected chi connectivity index (χ2v) is 7.88. The molecule has 3 rings (SSSR count). The van der Waals surface area contributed by atoms with Crippen LogP contribution < -0.4 is 10.6 Å². The molecule has 3 N–H and O–H groups in total. The number of nitrogens with zero attached hydrogens (tertiary/aromatic N) is 4. The van der Waals surface area contributed by atoms with Crippen LogP contribution in [-0.4, -0.2) is 38.4 Å². The number of nitrogens with one attached hydrogen (secondary N) is 2. The molecule has 1 aromatic heterocycles. The Morgan fingerprint density at radius 1 is 1.31 bits per heavy atom. The molecule has 1 atom stereocenters. The first-order chi connectivity index (χ1) is 13.4. The number of hydrogen-bond acceptors (Lipinski definition) is 4. The summed E-state index contributed by atoms with van der Waals surface area (Å²) in [5.74, 6) is 3.53. The van der Waals surface area contributed by atoms with Gasteiger partial charge in [0.05, 0.1) is 13.1 Å². The van der Waals surface area contributed by atoms with Crippen molar-refractivity contribution >= 4 is 29.9 Å². The standard InChI is InChI=1S/C21H32N6O.HI/c1-6-22-21(23-11-16-9-14(4)19(28)15(5)10-16)24-17-7-8-18-25-20(13(2)3)26-27(18)12-17;/h9-10,13,17,28H,6-8,11-12H2,1-5H3,(H2,22,23,24);1H. The molecule has 29 heavy (non-hydrogen) atoms. The molecular formula is C21H33IN6O. The lowest BCUT2D eigenvalue weighted by molar-refractivity contribution is 0.391. The molecule has 160 valence electrons. The molecule has 0 spiro atoms. The molecule has 1 unspecified atom stereocenters. The molecule has 1 aliphatic heterocycles. The van der Waals surface area contributed by atoms with Crippen LogP contribution in [-0.2, 0) is 19.5 Å². The highest BCUT2D eigenvalue weighted by atomic mass is 127. The first-order valence-electron chi connectivity index (χ1n) is 10.1. The Morgan fingerprint density at radius 2 is 2.00 bits per heavy atom. The van der Waals surface area contributed by atoms with Crippen molar-refractivity contribution < 1.29 is 5.11 Å². The average molecular weight is 512 g/mol. The van der Waals surface area contributed by atoms with E-state index in [4.69, 9.17) is 4.99 Å². The van der Waals surface area contributed by atoms with Crippen LogP contribution in [0.3, 0.4) is 0 Å². The smallest absolute Gasteiger partial charge is 0.191 e. The lowest BCUT2D eigenvalue weighted by Gasteiger charge is -2.25. The first kappa shape index (κ1) is 23.4. The third-order valence-corrected chi connectivity index (χ3v) is 5.05. The minimum atomic E-state index is 0. The molecule has 7 nitrogen and oxygen atoms in total. The predicted molar refractivity (Wildman–Crippen MR) is 127 cm³/mol. The summed E-state index contributed by atoms with van der Waals surface area (Å²) in [6.07, 6.45) is 1.94. The van der Waals surface area contributed by atoms with Crippen LogP contribution >= 0.6 is 24.0 Å². The number of phenols is 1. The molecule has 0 fully saturated rings. The van der Waals surface area contributed by atoms with Gasteiger partial charge in [0.1, 0.15) is 11.6 Å². The summed E-state index contributed by atoms with van der Waals surface area (Å²) in [6.45, 7) is 12.3. The molecule has 1 aromatic carbocycles. The summed E-state index contributed by atoms with van der Waals surface area (Å²) in [6, 6.07) is 4.26.